The standard InChI is InChI=1S/C19H22ClN3O3S/c1-12-14(20)7-6-8-15(12)22-19(27)23(2)21-11-13-9-16(24-3)18(26-5)17(10-13)25-4/h6-11H,1-5H3,(H,22,27). The number of halogens is 1. The van der Waals surface area contributed by atoms with Gasteiger partial charge in [-0.1, -0.05) is 17.7 Å². The van der Waals surface area contributed by atoms with Crippen LogP contribution in [-0.4, -0.2) is 44.7 Å². The summed E-state index contributed by atoms with van der Waals surface area (Å²) in [6.45, 7) is 1.92. The maximum absolute atomic E-state index is 6.14. The van der Waals surface area contributed by atoms with Crippen LogP contribution < -0.4 is 19.5 Å². The van der Waals surface area contributed by atoms with E-state index in [1.54, 1.807) is 51.7 Å². The summed E-state index contributed by atoms with van der Waals surface area (Å²) in [7, 11) is 6.45. The molecular weight excluding hydrogens is 386 g/mol. The first kappa shape index (κ1) is 20.8. The Kier molecular flexibility index (Phi) is 7.27. The zero-order valence-corrected chi connectivity index (χ0v) is 17.4. The third-order valence-corrected chi connectivity index (χ3v) is 4.65. The summed E-state index contributed by atoms with van der Waals surface area (Å²) in [5, 5.41) is 10.2. The number of methoxy groups -OCH3 is 3. The third-order valence-electron chi connectivity index (χ3n) is 3.87. The molecule has 0 atom stereocenters. The molecule has 1 N–H and O–H groups in total. The van der Waals surface area contributed by atoms with E-state index in [-0.39, 0.29) is 0 Å². The minimum atomic E-state index is 0.434. The highest BCUT2D eigenvalue weighted by molar-refractivity contribution is 7.80. The minimum Gasteiger partial charge on any atom is -0.493 e. The number of benzene rings is 2. The van der Waals surface area contributed by atoms with E-state index in [0.717, 1.165) is 16.8 Å². The molecule has 2 aromatic rings. The topological polar surface area (TPSA) is 55.3 Å². The molecule has 0 aliphatic rings. The number of thiocarbonyl (C=S) groups is 1. The molecule has 0 bridgehead atoms. The molecule has 0 spiro atoms. The molecule has 0 aliphatic heterocycles. The Morgan fingerprint density at radius 2 is 1.78 bits per heavy atom. The Bertz CT molecular complexity index is 833. The number of hydrazone groups is 1. The van der Waals surface area contributed by atoms with Crippen LogP contribution in [0.2, 0.25) is 5.02 Å². The van der Waals surface area contributed by atoms with E-state index in [1.807, 2.05) is 25.1 Å². The normalized spacial score (nSPS) is 10.6. The van der Waals surface area contributed by atoms with Crippen LogP contribution in [0, 0.1) is 6.92 Å². The lowest BCUT2D eigenvalue weighted by molar-refractivity contribution is 0.324. The number of nitrogens with one attached hydrogen (secondary N) is 1. The molecule has 0 saturated heterocycles. The van der Waals surface area contributed by atoms with E-state index in [2.05, 4.69) is 10.4 Å². The number of hydrogen-bond donors (Lipinski definition) is 1. The van der Waals surface area contributed by atoms with E-state index in [9.17, 15) is 0 Å². The van der Waals surface area contributed by atoms with Gasteiger partial charge < -0.3 is 19.5 Å². The van der Waals surface area contributed by atoms with E-state index in [0.29, 0.717) is 27.4 Å². The van der Waals surface area contributed by atoms with Gasteiger partial charge in [0.2, 0.25) is 5.75 Å². The van der Waals surface area contributed by atoms with Crippen LogP contribution in [0.5, 0.6) is 17.2 Å². The van der Waals surface area contributed by atoms with Crippen molar-refractivity contribution in [3.05, 3.63) is 46.5 Å². The van der Waals surface area contributed by atoms with Crippen molar-refractivity contribution in [1.82, 2.24) is 5.01 Å². The fraction of sp³-hybridized carbons (Fsp3) is 0.263. The molecule has 0 aromatic heterocycles. The molecule has 0 radical (unpaired) electrons. The van der Waals surface area contributed by atoms with Crippen molar-refractivity contribution in [2.45, 2.75) is 6.92 Å². The highest BCUT2D eigenvalue weighted by Gasteiger charge is 2.13. The summed E-state index contributed by atoms with van der Waals surface area (Å²) < 4.78 is 16.0. The van der Waals surface area contributed by atoms with Gasteiger partial charge in [-0.3, -0.25) is 0 Å². The van der Waals surface area contributed by atoms with Crippen molar-refractivity contribution in [2.75, 3.05) is 33.7 Å². The molecule has 2 rings (SSSR count). The fourth-order valence-electron chi connectivity index (χ4n) is 2.32. The van der Waals surface area contributed by atoms with Gasteiger partial charge in [-0.05, 0) is 49.0 Å². The average Bonchev–Trinajstić information content (AvgIpc) is 2.68. The lowest BCUT2D eigenvalue weighted by Crippen LogP contribution is -2.27. The Morgan fingerprint density at radius 3 is 2.33 bits per heavy atom. The van der Waals surface area contributed by atoms with Gasteiger partial charge in [0.05, 0.1) is 27.5 Å². The SMILES string of the molecule is COc1cc(C=NN(C)C(=S)Nc2cccc(Cl)c2C)cc(OC)c1OC. The van der Waals surface area contributed by atoms with Gasteiger partial charge in [0.1, 0.15) is 0 Å². The molecule has 0 fully saturated rings. The molecule has 27 heavy (non-hydrogen) atoms. The lowest BCUT2D eigenvalue weighted by Gasteiger charge is -2.17. The van der Waals surface area contributed by atoms with Crippen molar-refractivity contribution in [3.8, 4) is 17.2 Å². The van der Waals surface area contributed by atoms with Crippen LogP contribution in [0.15, 0.2) is 35.4 Å². The number of hydrogen-bond acceptors (Lipinski definition) is 5. The number of anilines is 1. The molecule has 0 saturated carbocycles. The van der Waals surface area contributed by atoms with E-state index in [1.165, 1.54) is 0 Å². The predicted molar refractivity (Wildman–Crippen MR) is 114 cm³/mol. The minimum absolute atomic E-state index is 0.434. The Balaban J connectivity index is 2.17. The second-order valence-electron chi connectivity index (χ2n) is 5.57. The van der Waals surface area contributed by atoms with Gasteiger partial charge in [0.15, 0.2) is 16.6 Å². The van der Waals surface area contributed by atoms with Gasteiger partial charge in [-0.25, -0.2) is 5.01 Å². The smallest absolute Gasteiger partial charge is 0.203 e. The van der Waals surface area contributed by atoms with Gasteiger partial charge in [-0.2, -0.15) is 5.10 Å². The maximum atomic E-state index is 6.14. The Morgan fingerprint density at radius 1 is 1.15 bits per heavy atom. The molecule has 6 nitrogen and oxygen atoms in total. The maximum Gasteiger partial charge on any atom is 0.203 e. The molecule has 8 heteroatoms. The summed E-state index contributed by atoms with van der Waals surface area (Å²) in [5.74, 6) is 1.63. The predicted octanol–water partition coefficient (Wildman–Crippen LogP) is 4.34. The fourth-order valence-corrected chi connectivity index (χ4v) is 2.65. The van der Waals surface area contributed by atoms with Gasteiger partial charge in [0, 0.05) is 23.3 Å². The lowest BCUT2D eigenvalue weighted by atomic mass is 10.2. The summed E-state index contributed by atoms with van der Waals surface area (Å²) in [5.41, 5.74) is 2.53. The van der Waals surface area contributed by atoms with Crippen molar-refractivity contribution in [3.63, 3.8) is 0 Å². The van der Waals surface area contributed by atoms with Gasteiger partial charge >= 0.3 is 0 Å². The van der Waals surface area contributed by atoms with Crippen molar-refractivity contribution in [2.24, 2.45) is 5.10 Å². The van der Waals surface area contributed by atoms with Crippen LogP contribution in [0.1, 0.15) is 11.1 Å². The van der Waals surface area contributed by atoms with Gasteiger partial charge in [-0.15, -0.1) is 0 Å². The molecular formula is C19H22ClN3O3S. The summed E-state index contributed by atoms with van der Waals surface area (Å²) in [4.78, 5) is 0. The highest BCUT2D eigenvalue weighted by Crippen LogP contribution is 2.37. The second-order valence-corrected chi connectivity index (χ2v) is 6.36. The van der Waals surface area contributed by atoms with Crippen LogP contribution in [0.25, 0.3) is 0 Å². The molecule has 2 aromatic carbocycles. The Hall–Kier alpha value is -2.51. The zero-order valence-electron chi connectivity index (χ0n) is 15.9. The summed E-state index contributed by atoms with van der Waals surface area (Å²) in [6, 6.07) is 9.20. The zero-order chi connectivity index (χ0) is 20.0. The first-order chi connectivity index (χ1) is 12.9. The number of rotatable bonds is 6. The van der Waals surface area contributed by atoms with Crippen molar-refractivity contribution < 1.29 is 14.2 Å². The van der Waals surface area contributed by atoms with Crippen LogP contribution in [0.4, 0.5) is 5.69 Å². The van der Waals surface area contributed by atoms with Crippen LogP contribution in [0.3, 0.4) is 0 Å². The summed E-state index contributed by atoms with van der Waals surface area (Å²) in [6.07, 6.45) is 1.66. The van der Waals surface area contributed by atoms with E-state index >= 15 is 0 Å². The second kappa shape index (κ2) is 9.43. The van der Waals surface area contributed by atoms with Crippen molar-refractivity contribution >= 4 is 40.8 Å². The largest absolute Gasteiger partial charge is 0.493 e. The Labute approximate surface area is 169 Å². The molecule has 0 aliphatic carbocycles. The quantitative estimate of drug-likeness (QED) is 0.437. The number of ether oxygens (including phenoxy) is 3. The average molecular weight is 408 g/mol. The van der Waals surface area contributed by atoms with Crippen molar-refractivity contribution in [1.29, 1.82) is 0 Å². The summed E-state index contributed by atoms with van der Waals surface area (Å²) >= 11 is 11.5. The van der Waals surface area contributed by atoms with Crippen LogP contribution in [-0.2, 0) is 0 Å². The van der Waals surface area contributed by atoms with Gasteiger partial charge in [0.25, 0.3) is 0 Å². The highest BCUT2D eigenvalue weighted by atomic mass is 35.5. The van der Waals surface area contributed by atoms with E-state index < -0.39 is 0 Å². The third kappa shape index (κ3) is 5.02. The molecule has 0 heterocycles. The molecule has 144 valence electrons. The monoisotopic (exact) mass is 407 g/mol. The molecule has 0 unspecified atom stereocenters. The number of nitrogens with zero attached hydrogens (tertiary/aromatic N) is 2. The molecule has 0 amide bonds. The first-order valence-electron chi connectivity index (χ1n) is 8.05. The van der Waals surface area contributed by atoms with E-state index in [4.69, 9.17) is 38.0 Å². The first-order valence-corrected chi connectivity index (χ1v) is 8.83. The van der Waals surface area contributed by atoms with Crippen LogP contribution >= 0.6 is 23.8 Å².